The molecule has 0 heterocycles. The summed E-state index contributed by atoms with van der Waals surface area (Å²) >= 11 is 0. The summed E-state index contributed by atoms with van der Waals surface area (Å²) in [5, 5.41) is 15.9. The Morgan fingerprint density at radius 3 is 2.24 bits per heavy atom. The Labute approximate surface area is 103 Å². The van der Waals surface area contributed by atoms with Crippen molar-refractivity contribution in [2.75, 3.05) is 32.7 Å². The summed E-state index contributed by atoms with van der Waals surface area (Å²) in [7, 11) is 0. The van der Waals surface area contributed by atoms with Crippen molar-refractivity contribution >= 4 is 6.29 Å². The summed E-state index contributed by atoms with van der Waals surface area (Å²) in [6, 6.07) is 0. The molecular formula is C11H26N4O2. The van der Waals surface area contributed by atoms with E-state index in [2.05, 4.69) is 10.6 Å². The van der Waals surface area contributed by atoms with Crippen molar-refractivity contribution in [1.29, 1.82) is 0 Å². The molecular weight excluding hydrogens is 220 g/mol. The molecule has 102 valence electrons. The summed E-state index contributed by atoms with van der Waals surface area (Å²) in [5.41, 5.74) is 9.28. The molecule has 0 aromatic rings. The fourth-order valence-electron chi connectivity index (χ4n) is 1.43. The van der Waals surface area contributed by atoms with Crippen LogP contribution in [0.2, 0.25) is 0 Å². The predicted octanol–water partition coefficient (Wildman–Crippen LogP) is -1.47. The molecule has 1 atom stereocenters. The number of carbonyl (C=O) groups is 1. The molecule has 0 aliphatic carbocycles. The molecule has 0 saturated heterocycles. The number of aliphatic hydroxyl groups is 1. The summed E-state index contributed by atoms with van der Waals surface area (Å²) in [6.45, 7) is 3.41. The first-order valence-corrected chi connectivity index (χ1v) is 6.23. The second-order valence-electron chi connectivity index (χ2n) is 4.11. The third-order valence-electron chi connectivity index (χ3n) is 2.48. The largest absolute Gasteiger partial charge is 0.369 e. The van der Waals surface area contributed by atoms with Gasteiger partial charge in [-0.05, 0) is 58.4 Å². The van der Waals surface area contributed by atoms with Crippen molar-refractivity contribution in [1.82, 2.24) is 10.6 Å². The molecule has 6 nitrogen and oxygen atoms in total. The molecule has 17 heavy (non-hydrogen) atoms. The quantitative estimate of drug-likeness (QED) is 0.163. The smallest absolute Gasteiger partial charge is 0.172 e. The summed E-state index contributed by atoms with van der Waals surface area (Å²) in [6.07, 6.45) is 3.37. The van der Waals surface area contributed by atoms with E-state index in [0.29, 0.717) is 32.3 Å². The average Bonchev–Trinajstić information content (AvgIpc) is 2.34. The molecule has 0 aliphatic rings. The lowest BCUT2D eigenvalue weighted by Gasteiger charge is -2.23. The molecule has 0 aliphatic heterocycles. The monoisotopic (exact) mass is 246 g/mol. The summed E-state index contributed by atoms with van der Waals surface area (Å²) in [4.78, 5) is 10.8. The van der Waals surface area contributed by atoms with Crippen molar-refractivity contribution in [2.45, 2.75) is 31.4 Å². The van der Waals surface area contributed by atoms with Crippen LogP contribution in [0, 0.1) is 0 Å². The first-order valence-electron chi connectivity index (χ1n) is 6.23. The third-order valence-corrected chi connectivity index (χ3v) is 2.48. The number of hydrogen-bond acceptors (Lipinski definition) is 6. The molecule has 0 rings (SSSR count). The van der Waals surface area contributed by atoms with Gasteiger partial charge in [0.1, 0.15) is 0 Å². The maximum atomic E-state index is 10.8. The van der Waals surface area contributed by atoms with E-state index >= 15 is 0 Å². The van der Waals surface area contributed by atoms with Crippen LogP contribution in [0.4, 0.5) is 0 Å². The molecule has 0 aromatic carbocycles. The minimum Gasteiger partial charge on any atom is -0.369 e. The minimum atomic E-state index is -1.41. The van der Waals surface area contributed by atoms with Crippen LogP contribution in [0.25, 0.3) is 0 Å². The van der Waals surface area contributed by atoms with Crippen LogP contribution in [0.5, 0.6) is 0 Å². The number of aldehydes is 1. The van der Waals surface area contributed by atoms with Crippen LogP contribution >= 0.6 is 0 Å². The Hall–Kier alpha value is -0.530. The van der Waals surface area contributed by atoms with Crippen LogP contribution in [0.1, 0.15) is 25.7 Å². The maximum absolute atomic E-state index is 10.8. The van der Waals surface area contributed by atoms with Crippen LogP contribution in [0.3, 0.4) is 0 Å². The summed E-state index contributed by atoms with van der Waals surface area (Å²) in [5.74, 6) is 0. The second-order valence-corrected chi connectivity index (χ2v) is 4.11. The zero-order valence-electron chi connectivity index (χ0n) is 10.5. The highest BCUT2D eigenvalue weighted by molar-refractivity contribution is 5.61. The zero-order chi connectivity index (χ0) is 13.0. The average molecular weight is 246 g/mol. The van der Waals surface area contributed by atoms with Gasteiger partial charge in [0.2, 0.25) is 0 Å². The Morgan fingerprint density at radius 1 is 1.06 bits per heavy atom. The first-order chi connectivity index (χ1) is 8.18. The van der Waals surface area contributed by atoms with Gasteiger partial charge in [0.15, 0.2) is 12.0 Å². The predicted molar refractivity (Wildman–Crippen MR) is 68.5 cm³/mol. The fourth-order valence-corrected chi connectivity index (χ4v) is 1.43. The maximum Gasteiger partial charge on any atom is 0.172 e. The number of carbonyl (C=O) groups excluding carboxylic acids is 1. The van der Waals surface area contributed by atoms with Crippen molar-refractivity contribution in [3.05, 3.63) is 0 Å². The Balaban J connectivity index is 3.60. The zero-order valence-corrected chi connectivity index (χ0v) is 10.5. The van der Waals surface area contributed by atoms with Gasteiger partial charge < -0.3 is 21.9 Å². The van der Waals surface area contributed by atoms with E-state index in [1.54, 1.807) is 0 Å². The minimum absolute atomic E-state index is 0.400. The van der Waals surface area contributed by atoms with Crippen LogP contribution in [0.15, 0.2) is 0 Å². The molecule has 0 saturated carbocycles. The van der Waals surface area contributed by atoms with Gasteiger partial charge >= 0.3 is 0 Å². The van der Waals surface area contributed by atoms with E-state index in [1.807, 2.05) is 0 Å². The molecule has 0 amide bonds. The lowest BCUT2D eigenvalue weighted by atomic mass is 10.1. The van der Waals surface area contributed by atoms with Crippen molar-refractivity contribution in [3.63, 3.8) is 0 Å². The van der Waals surface area contributed by atoms with Crippen LogP contribution < -0.4 is 22.1 Å². The highest BCUT2D eigenvalue weighted by Crippen LogP contribution is 2.05. The lowest BCUT2D eigenvalue weighted by molar-refractivity contribution is -0.128. The normalized spacial score (nSPS) is 14.5. The van der Waals surface area contributed by atoms with E-state index in [-0.39, 0.29) is 0 Å². The molecule has 7 N–H and O–H groups in total. The molecule has 0 bridgehead atoms. The van der Waals surface area contributed by atoms with Gasteiger partial charge in [0.25, 0.3) is 0 Å². The van der Waals surface area contributed by atoms with Crippen LogP contribution in [-0.2, 0) is 4.79 Å². The highest BCUT2D eigenvalue weighted by Gasteiger charge is 2.23. The van der Waals surface area contributed by atoms with E-state index in [1.165, 1.54) is 0 Å². The van der Waals surface area contributed by atoms with E-state index in [9.17, 15) is 9.90 Å². The number of hydrogen-bond donors (Lipinski definition) is 5. The Kier molecular flexibility index (Phi) is 10.3. The van der Waals surface area contributed by atoms with Gasteiger partial charge in [-0.3, -0.25) is 10.1 Å². The van der Waals surface area contributed by atoms with Gasteiger partial charge in [-0.15, -0.1) is 0 Å². The van der Waals surface area contributed by atoms with Gasteiger partial charge in [-0.1, -0.05) is 0 Å². The highest BCUT2D eigenvalue weighted by atomic mass is 16.3. The van der Waals surface area contributed by atoms with Crippen molar-refractivity contribution in [2.24, 2.45) is 11.5 Å². The molecule has 1 unspecified atom stereocenters. The van der Waals surface area contributed by atoms with E-state index in [4.69, 9.17) is 11.5 Å². The van der Waals surface area contributed by atoms with Gasteiger partial charge in [-0.2, -0.15) is 0 Å². The number of nitrogens with two attached hydrogens (primary N) is 2. The lowest BCUT2D eigenvalue weighted by Crippen LogP contribution is -2.47. The standard InChI is InChI=1S/C11H26N4O2/c12-5-2-8-14-7-1-4-11(17,10-16)15-9-3-6-13/h10,14-15,17H,1-9,12-13H2. The summed E-state index contributed by atoms with van der Waals surface area (Å²) < 4.78 is 0. The van der Waals surface area contributed by atoms with E-state index < -0.39 is 5.72 Å². The molecule has 0 radical (unpaired) electrons. The first kappa shape index (κ1) is 16.5. The third kappa shape index (κ3) is 9.20. The SMILES string of the molecule is NCCCNCCCC(O)(C=O)NCCCN. The van der Waals surface area contributed by atoms with Crippen LogP contribution in [-0.4, -0.2) is 49.8 Å². The molecule has 6 heteroatoms. The Morgan fingerprint density at radius 2 is 1.65 bits per heavy atom. The van der Waals surface area contributed by atoms with Crippen molar-refractivity contribution in [3.8, 4) is 0 Å². The molecule has 0 aromatic heterocycles. The second kappa shape index (κ2) is 10.6. The topological polar surface area (TPSA) is 113 Å². The fraction of sp³-hybridized carbons (Fsp3) is 0.909. The van der Waals surface area contributed by atoms with Gasteiger partial charge in [0, 0.05) is 0 Å². The molecule has 0 spiro atoms. The van der Waals surface area contributed by atoms with Gasteiger partial charge in [-0.25, -0.2) is 0 Å². The van der Waals surface area contributed by atoms with Crippen molar-refractivity contribution < 1.29 is 9.90 Å². The Bertz CT molecular complexity index is 192. The molecule has 0 fully saturated rings. The van der Waals surface area contributed by atoms with Gasteiger partial charge in [0.05, 0.1) is 0 Å². The number of nitrogens with one attached hydrogen (secondary N) is 2. The number of rotatable bonds is 12. The van der Waals surface area contributed by atoms with E-state index in [0.717, 1.165) is 32.4 Å².